The van der Waals surface area contributed by atoms with Crippen molar-refractivity contribution in [2.75, 3.05) is 33.3 Å². The molecule has 11 heteroatoms. The van der Waals surface area contributed by atoms with E-state index in [0.29, 0.717) is 0 Å². The summed E-state index contributed by atoms with van der Waals surface area (Å²) in [6, 6.07) is 6.57. The van der Waals surface area contributed by atoms with Crippen LogP contribution < -0.4 is 0 Å². The summed E-state index contributed by atoms with van der Waals surface area (Å²) in [5, 5.41) is 0. The Morgan fingerprint density at radius 2 is 1.50 bits per heavy atom. The maximum Gasteiger partial charge on any atom is 0.342 e. The third-order valence-electron chi connectivity index (χ3n) is 5.02. The van der Waals surface area contributed by atoms with Crippen LogP contribution >= 0.6 is 0 Å². The fourth-order valence-electron chi connectivity index (χ4n) is 3.52. The highest BCUT2D eigenvalue weighted by Crippen LogP contribution is 2.31. The fraction of sp³-hybridized carbons (Fsp3) is 0.421. The predicted molar refractivity (Wildman–Crippen MR) is 108 cm³/mol. The summed E-state index contributed by atoms with van der Waals surface area (Å²) in [4.78, 5) is 12.1. The molecule has 2 heterocycles. The molecule has 1 saturated heterocycles. The van der Waals surface area contributed by atoms with Crippen LogP contribution in [0.1, 0.15) is 27.4 Å². The standard InChI is InChI=1S/C19H24N2O7S2/c1-13-6-5-7-16(12-13)29(23,24)20-8-10-21(11-9-20)30(25,26)18-15(3)28-14(2)17(18)19(22)27-4/h5-7,12H,8-11H2,1-4H3. The number of sulfonamides is 2. The Morgan fingerprint density at radius 3 is 2.03 bits per heavy atom. The van der Waals surface area contributed by atoms with Crippen LogP contribution in [-0.2, 0) is 24.8 Å². The van der Waals surface area contributed by atoms with Gasteiger partial charge in [-0.1, -0.05) is 12.1 Å². The van der Waals surface area contributed by atoms with Crippen molar-refractivity contribution in [3.8, 4) is 0 Å². The number of carbonyl (C=O) groups excluding carboxylic acids is 1. The maximum absolute atomic E-state index is 13.2. The van der Waals surface area contributed by atoms with E-state index in [4.69, 9.17) is 9.15 Å². The molecule has 1 aliphatic rings. The third kappa shape index (κ3) is 3.89. The summed E-state index contributed by atoms with van der Waals surface area (Å²) in [5.41, 5.74) is 0.684. The van der Waals surface area contributed by atoms with E-state index >= 15 is 0 Å². The number of furan rings is 1. The smallest absolute Gasteiger partial charge is 0.342 e. The predicted octanol–water partition coefficient (Wildman–Crippen LogP) is 1.69. The topological polar surface area (TPSA) is 114 Å². The Balaban J connectivity index is 1.86. The molecule has 0 spiro atoms. The van der Waals surface area contributed by atoms with Crippen LogP contribution in [0.25, 0.3) is 0 Å². The van der Waals surface area contributed by atoms with Crippen molar-refractivity contribution in [3.05, 3.63) is 46.9 Å². The molecular formula is C19H24N2O7S2. The first-order valence-corrected chi connectivity index (χ1v) is 12.1. The zero-order valence-corrected chi connectivity index (χ0v) is 18.8. The minimum Gasteiger partial charge on any atom is -0.465 e. The second-order valence-electron chi connectivity index (χ2n) is 7.03. The largest absolute Gasteiger partial charge is 0.465 e. The lowest BCUT2D eigenvalue weighted by molar-refractivity contribution is 0.0594. The number of rotatable bonds is 5. The number of nitrogens with zero attached hydrogens (tertiary/aromatic N) is 2. The Kier molecular flexibility index (Phi) is 6.10. The Morgan fingerprint density at radius 1 is 0.933 bits per heavy atom. The van der Waals surface area contributed by atoms with Gasteiger partial charge in [0.2, 0.25) is 20.0 Å². The molecule has 3 rings (SSSR count). The van der Waals surface area contributed by atoms with E-state index in [9.17, 15) is 21.6 Å². The van der Waals surface area contributed by atoms with Crippen LogP contribution in [0.3, 0.4) is 0 Å². The van der Waals surface area contributed by atoms with Crippen molar-refractivity contribution >= 4 is 26.0 Å². The van der Waals surface area contributed by atoms with Gasteiger partial charge < -0.3 is 9.15 Å². The number of carbonyl (C=O) groups is 1. The van der Waals surface area contributed by atoms with Crippen LogP contribution in [0, 0.1) is 20.8 Å². The molecule has 0 atom stereocenters. The lowest BCUT2D eigenvalue weighted by atomic mass is 10.2. The highest BCUT2D eigenvalue weighted by Gasteiger charge is 2.39. The second kappa shape index (κ2) is 8.14. The van der Waals surface area contributed by atoms with Gasteiger partial charge in [-0.05, 0) is 38.5 Å². The molecule has 0 amide bonds. The number of methoxy groups -OCH3 is 1. The molecule has 1 aromatic heterocycles. The summed E-state index contributed by atoms with van der Waals surface area (Å²) < 4.78 is 64.7. The second-order valence-corrected chi connectivity index (χ2v) is 10.8. The van der Waals surface area contributed by atoms with Crippen molar-refractivity contribution in [1.29, 1.82) is 0 Å². The summed E-state index contributed by atoms with van der Waals surface area (Å²) >= 11 is 0. The van der Waals surface area contributed by atoms with E-state index < -0.39 is 26.0 Å². The van der Waals surface area contributed by atoms with Gasteiger partial charge in [-0.2, -0.15) is 8.61 Å². The van der Waals surface area contributed by atoms with Gasteiger partial charge in [0.05, 0.1) is 12.0 Å². The summed E-state index contributed by atoms with van der Waals surface area (Å²) in [6.45, 7) is 4.67. The fourth-order valence-corrected chi connectivity index (χ4v) is 6.84. The van der Waals surface area contributed by atoms with Gasteiger partial charge in [0.15, 0.2) is 0 Å². The monoisotopic (exact) mass is 456 g/mol. The minimum absolute atomic E-state index is 0.00105. The number of hydrogen-bond donors (Lipinski definition) is 0. The molecule has 0 bridgehead atoms. The molecule has 0 unspecified atom stereocenters. The first-order valence-electron chi connectivity index (χ1n) is 9.25. The Labute approximate surface area is 176 Å². The molecule has 0 aliphatic carbocycles. The van der Waals surface area contributed by atoms with Gasteiger partial charge in [0, 0.05) is 26.2 Å². The van der Waals surface area contributed by atoms with Gasteiger partial charge in [-0.3, -0.25) is 0 Å². The molecule has 1 aliphatic heterocycles. The number of benzene rings is 1. The van der Waals surface area contributed by atoms with Gasteiger partial charge in [0.1, 0.15) is 22.0 Å². The molecule has 1 aromatic carbocycles. The number of esters is 1. The van der Waals surface area contributed by atoms with Crippen LogP contribution in [0.4, 0.5) is 0 Å². The van der Waals surface area contributed by atoms with E-state index in [1.165, 1.54) is 28.5 Å². The van der Waals surface area contributed by atoms with Gasteiger partial charge in [0.25, 0.3) is 0 Å². The lowest BCUT2D eigenvalue weighted by Gasteiger charge is -2.33. The third-order valence-corrected chi connectivity index (χ3v) is 8.96. The van der Waals surface area contributed by atoms with Crippen molar-refractivity contribution in [1.82, 2.24) is 8.61 Å². The molecule has 30 heavy (non-hydrogen) atoms. The normalized spacial score (nSPS) is 16.5. The number of ether oxygens (including phenoxy) is 1. The van der Waals surface area contributed by atoms with Crippen LogP contribution in [-0.4, -0.2) is 64.7 Å². The van der Waals surface area contributed by atoms with Crippen molar-refractivity contribution in [2.24, 2.45) is 0 Å². The van der Waals surface area contributed by atoms with Crippen molar-refractivity contribution in [3.63, 3.8) is 0 Å². The number of aryl methyl sites for hydroxylation is 3. The van der Waals surface area contributed by atoms with E-state index in [2.05, 4.69) is 0 Å². The highest BCUT2D eigenvalue weighted by molar-refractivity contribution is 7.89. The first kappa shape index (κ1) is 22.5. The SMILES string of the molecule is COC(=O)c1c(C)oc(C)c1S(=O)(=O)N1CCN(S(=O)(=O)c2cccc(C)c2)CC1. The zero-order valence-electron chi connectivity index (χ0n) is 17.2. The molecule has 0 saturated carbocycles. The van der Waals surface area contributed by atoms with Crippen LogP contribution in [0.2, 0.25) is 0 Å². The molecule has 2 aromatic rings. The van der Waals surface area contributed by atoms with Gasteiger partial charge >= 0.3 is 5.97 Å². The molecular weight excluding hydrogens is 432 g/mol. The van der Waals surface area contributed by atoms with Crippen LogP contribution in [0.5, 0.6) is 0 Å². The molecule has 164 valence electrons. The summed E-state index contributed by atoms with van der Waals surface area (Å²) in [6.07, 6.45) is 0. The quantitative estimate of drug-likeness (QED) is 0.629. The van der Waals surface area contributed by atoms with Crippen molar-refractivity contribution in [2.45, 2.75) is 30.6 Å². The maximum atomic E-state index is 13.2. The average molecular weight is 457 g/mol. The van der Waals surface area contributed by atoms with Crippen molar-refractivity contribution < 1.29 is 30.8 Å². The summed E-state index contributed by atoms with van der Waals surface area (Å²) in [7, 11) is -6.65. The zero-order chi connectivity index (χ0) is 22.3. The number of hydrogen-bond acceptors (Lipinski definition) is 7. The highest BCUT2D eigenvalue weighted by atomic mass is 32.2. The van der Waals surface area contributed by atoms with E-state index in [0.717, 1.165) is 12.7 Å². The Hall–Kier alpha value is -2.21. The lowest BCUT2D eigenvalue weighted by Crippen LogP contribution is -2.50. The van der Waals surface area contributed by atoms with E-state index in [1.807, 2.05) is 0 Å². The van der Waals surface area contributed by atoms with Gasteiger partial charge in [-0.15, -0.1) is 0 Å². The molecule has 9 nitrogen and oxygen atoms in total. The minimum atomic E-state index is -4.08. The van der Waals surface area contributed by atoms with Gasteiger partial charge in [-0.25, -0.2) is 21.6 Å². The molecule has 0 N–H and O–H groups in total. The average Bonchev–Trinajstić information content (AvgIpc) is 3.02. The molecule has 0 radical (unpaired) electrons. The molecule has 1 fully saturated rings. The Bertz CT molecular complexity index is 1180. The number of piperazine rings is 1. The van der Waals surface area contributed by atoms with E-state index in [1.54, 1.807) is 25.1 Å². The summed E-state index contributed by atoms with van der Waals surface area (Å²) in [5.74, 6) is -0.565. The first-order chi connectivity index (χ1) is 14.0. The van der Waals surface area contributed by atoms with E-state index in [-0.39, 0.29) is 53.1 Å². The van der Waals surface area contributed by atoms with Crippen LogP contribution in [0.15, 0.2) is 38.5 Å².